The molecule has 1 saturated heterocycles. The number of carbonyl (C=O) groups is 2. The standard InChI is InChI=1S/C27H27N3O8.ClH/c1-3-33-18-9-5-16(6-10-18)25(31)35-15-20-22(37-26(32)17-7-11-19(12-8-17)34-4-2)23-24(36-20)30-14-13-21(28)29-27(30)38-23;/h5-14,20,22-24,28H,3-4,15H2,1-2H3;1H/t20-,22-,23-,24-;/m1./s1. The van der Waals surface area contributed by atoms with Gasteiger partial charge < -0.3 is 28.4 Å². The summed E-state index contributed by atoms with van der Waals surface area (Å²) in [6.07, 6.45) is -1.52. The summed E-state index contributed by atoms with van der Waals surface area (Å²) in [5.74, 6) is 0.133. The lowest BCUT2D eigenvalue weighted by molar-refractivity contribution is -0.0574. The topological polar surface area (TPSA) is 131 Å². The minimum Gasteiger partial charge on any atom is -0.494 e. The smallest absolute Gasteiger partial charge is 0.338 e. The van der Waals surface area contributed by atoms with Crippen LogP contribution in [0, 0.1) is 5.41 Å². The second-order valence-electron chi connectivity index (χ2n) is 8.53. The normalized spacial score (nSPS) is 20.6. The Morgan fingerprint density at radius 2 is 1.51 bits per heavy atom. The Kier molecular flexibility index (Phi) is 8.72. The summed E-state index contributed by atoms with van der Waals surface area (Å²) in [5, 5.41) is 7.76. The van der Waals surface area contributed by atoms with Crippen LogP contribution in [0.2, 0.25) is 0 Å². The fourth-order valence-corrected chi connectivity index (χ4v) is 4.29. The lowest BCUT2D eigenvalue weighted by Crippen LogP contribution is -2.40. The third kappa shape index (κ3) is 5.99. The van der Waals surface area contributed by atoms with Crippen molar-refractivity contribution in [3.8, 4) is 17.5 Å². The predicted molar refractivity (Wildman–Crippen MR) is 138 cm³/mol. The van der Waals surface area contributed by atoms with E-state index in [0.717, 1.165) is 0 Å². The summed E-state index contributed by atoms with van der Waals surface area (Å²) in [6.45, 7) is 4.60. The zero-order valence-electron chi connectivity index (χ0n) is 21.3. The molecule has 0 bridgehead atoms. The number of halogens is 1. The van der Waals surface area contributed by atoms with Crippen molar-refractivity contribution in [3.05, 3.63) is 77.4 Å². The zero-order chi connectivity index (χ0) is 26.6. The van der Waals surface area contributed by atoms with Gasteiger partial charge in [0.1, 0.15) is 24.2 Å². The highest BCUT2D eigenvalue weighted by Gasteiger charge is 2.54. The summed E-state index contributed by atoms with van der Waals surface area (Å²) in [7, 11) is 0. The molecular formula is C27H28ClN3O8. The van der Waals surface area contributed by atoms with Crippen LogP contribution in [0.25, 0.3) is 0 Å². The van der Waals surface area contributed by atoms with Gasteiger partial charge in [0.15, 0.2) is 23.9 Å². The molecule has 0 aliphatic carbocycles. The Bertz CT molecular complexity index is 1360. The summed E-state index contributed by atoms with van der Waals surface area (Å²) < 4.78 is 35.9. The molecule has 206 valence electrons. The second kappa shape index (κ2) is 12.2. The molecule has 0 unspecified atom stereocenters. The SMILES string of the molecule is CCOc1ccc(C(=O)OC[C@H]2O[C@@H]3[C@H](Oc4nc(=N)ccn43)[C@@H]2OC(=O)c2ccc(OCC)cc2)cc1.Cl. The van der Waals surface area contributed by atoms with Crippen molar-refractivity contribution in [1.82, 2.24) is 9.55 Å². The summed E-state index contributed by atoms with van der Waals surface area (Å²) >= 11 is 0. The maximum Gasteiger partial charge on any atom is 0.338 e. The highest BCUT2D eigenvalue weighted by atomic mass is 35.5. The summed E-state index contributed by atoms with van der Waals surface area (Å²) in [5.41, 5.74) is 0.689. The number of fused-ring (bicyclic) bond motifs is 3. The van der Waals surface area contributed by atoms with Crippen molar-refractivity contribution >= 4 is 24.3 Å². The van der Waals surface area contributed by atoms with Gasteiger partial charge in [0, 0.05) is 6.20 Å². The number of nitrogens with zero attached hydrogens (tertiary/aromatic N) is 2. The second-order valence-corrected chi connectivity index (χ2v) is 8.53. The van der Waals surface area contributed by atoms with Crippen LogP contribution >= 0.6 is 12.4 Å². The van der Waals surface area contributed by atoms with Crippen LogP contribution in [0.15, 0.2) is 60.8 Å². The monoisotopic (exact) mass is 557 g/mol. The Balaban J connectivity index is 0.00000353. The zero-order valence-corrected chi connectivity index (χ0v) is 22.1. The van der Waals surface area contributed by atoms with Crippen LogP contribution in [-0.2, 0) is 14.2 Å². The predicted octanol–water partition coefficient (Wildman–Crippen LogP) is 3.32. The van der Waals surface area contributed by atoms with E-state index < -0.39 is 36.5 Å². The minimum absolute atomic E-state index is 0. The Morgan fingerprint density at radius 3 is 2.10 bits per heavy atom. The molecule has 0 amide bonds. The lowest BCUT2D eigenvalue weighted by atomic mass is 10.1. The van der Waals surface area contributed by atoms with Crippen LogP contribution in [0.3, 0.4) is 0 Å². The summed E-state index contributed by atoms with van der Waals surface area (Å²) in [6, 6.07) is 14.9. The molecule has 1 aromatic heterocycles. The van der Waals surface area contributed by atoms with Gasteiger partial charge in [0.2, 0.25) is 0 Å². The first kappa shape index (κ1) is 27.9. The van der Waals surface area contributed by atoms with Crippen molar-refractivity contribution in [1.29, 1.82) is 5.41 Å². The Hall–Kier alpha value is -4.09. The molecule has 0 spiro atoms. The molecule has 11 nitrogen and oxygen atoms in total. The highest BCUT2D eigenvalue weighted by molar-refractivity contribution is 5.90. The number of rotatable bonds is 9. The van der Waals surface area contributed by atoms with Crippen molar-refractivity contribution in [2.24, 2.45) is 0 Å². The quantitative estimate of drug-likeness (QED) is 0.393. The molecule has 0 saturated carbocycles. The Labute approximate surface area is 230 Å². The van der Waals surface area contributed by atoms with Crippen molar-refractivity contribution in [2.45, 2.75) is 38.4 Å². The van der Waals surface area contributed by atoms with Gasteiger partial charge in [-0.2, -0.15) is 4.98 Å². The van der Waals surface area contributed by atoms with Crippen molar-refractivity contribution in [3.63, 3.8) is 0 Å². The first-order chi connectivity index (χ1) is 18.5. The number of esters is 2. The van der Waals surface area contributed by atoms with Crippen LogP contribution in [0.1, 0.15) is 40.8 Å². The van der Waals surface area contributed by atoms with Gasteiger partial charge in [-0.3, -0.25) is 9.98 Å². The molecule has 12 heteroatoms. The number of hydrogen-bond acceptors (Lipinski definition) is 10. The fraction of sp³-hybridized carbons (Fsp3) is 0.333. The molecule has 4 atom stereocenters. The van der Waals surface area contributed by atoms with E-state index in [1.807, 2.05) is 13.8 Å². The number of carbonyl (C=O) groups excluding carboxylic acids is 2. The van der Waals surface area contributed by atoms with E-state index in [1.165, 1.54) is 6.07 Å². The summed E-state index contributed by atoms with van der Waals surface area (Å²) in [4.78, 5) is 29.8. The number of benzene rings is 2. The van der Waals surface area contributed by atoms with E-state index in [1.54, 1.807) is 59.3 Å². The third-order valence-corrected chi connectivity index (χ3v) is 6.05. The van der Waals surface area contributed by atoms with Gasteiger partial charge in [0.25, 0.3) is 0 Å². The first-order valence-electron chi connectivity index (χ1n) is 12.3. The average Bonchev–Trinajstić information content (AvgIpc) is 3.43. The van der Waals surface area contributed by atoms with Crippen LogP contribution in [0.4, 0.5) is 0 Å². The van der Waals surface area contributed by atoms with Gasteiger partial charge in [0.05, 0.1) is 24.3 Å². The first-order valence-corrected chi connectivity index (χ1v) is 12.3. The van der Waals surface area contributed by atoms with Crippen molar-refractivity contribution in [2.75, 3.05) is 19.8 Å². The average molecular weight is 558 g/mol. The molecule has 39 heavy (non-hydrogen) atoms. The van der Waals surface area contributed by atoms with Crippen LogP contribution in [-0.4, -0.2) is 59.6 Å². The van der Waals surface area contributed by atoms with E-state index in [-0.39, 0.29) is 30.5 Å². The van der Waals surface area contributed by atoms with Crippen LogP contribution < -0.4 is 19.7 Å². The number of nitrogens with one attached hydrogen (secondary N) is 1. The molecule has 1 N–H and O–H groups in total. The maximum absolute atomic E-state index is 13.0. The van der Waals surface area contributed by atoms with Gasteiger partial charge in [-0.1, -0.05) is 0 Å². The number of aromatic nitrogens is 2. The van der Waals surface area contributed by atoms with E-state index in [9.17, 15) is 9.59 Å². The molecule has 3 heterocycles. The van der Waals surface area contributed by atoms with Gasteiger partial charge in [-0.25, -0.2) is 9.59 Å². The highest BCUT2D eigenvalue weighted by Crippen LogP contribution is 2.40. The van der Waals surface area contributed by atoms with Gasteiger partial charge >= 0.3 is 17.9 Å². The maximum atomic E-state index is 13.0. The molecule has 1 fully saturated rings. The number of hydrogen-bond donors (Lipinski definition) is 1. The van der Waals surface area contributed by atoms with Crippen LogP contribution in [0.5, 0.6) is 17.5 Å². The molecule has 2 aliphatic heterocycles. The molecule has 5 rings (SSSR count). The van der Waals surface area contributed by atoms with Gasteiger partial charge in [-0.05, 0) is 68.4 Å². The van der Waals surface area contributed by atoms with Gasteiger partial charge in [-0.15, -0.1) is 12.4 Å². The largest absolute Gasteiger partial charge is 0.494 e. The lowest BCUT2D eigenvalue weighted by Gasteiger charge is -2.22. The van der Waals surface area contributed by atoms with Crippen molar-refractivity contribution < 1.29 is 38.0 Å². The fourth-order valence-electron chi connectivity index (χ4n) is 4.29. The Morgan fingerprint density at radius 1 is 0.923 bits per heavy atom. The molecule has 2 aromatic carbocycles. The minimum atomic E-state index is -0.914. The van der Waals surface area contributed by atoms with E-state index in [0.29, 0.717) is 35.8 Å². The third-order valence-electron chi connectivity index (χ3n) is 6.05. The molecule has 0 radical (unpaired) electrons. The molecule has 2 aliphatic rings. The van der Waals surface area contributed by atoms with E-state index >= 15 is 0 Å². The van der Waals surface area contributed by atoms with E-state index in [4.69, 9.17) is 33.8 Å². The van der Waals surface area contributed by atoms with E-state index in [2.05, 4.69) is 4.98 Å². The molecule has 3 aromatic rings. The number of ether oxygens (including phenoxy) is 6. The molecular weight excluding hydrogens is 530 g/mol.